The molecule has 2 N–H and O–H groups in total. The Morgan fingerprint density at radius 2 is 1.61 bits per heavy atom. The Labute approximate surface area is 166 Å². The number of carbonyl (C=O) groups is 2. The molecule has 0 radical (unpaired) electrons. The van der Waals surface area contributed by atoms with Gasteiger partial charge in [-0.25, -0.2) is 0 Å². The molecular formula is C22H30N2O4. The molecule has 1 unspecified atom stereocenters. The fourth-order valence-electron chi connectivity index (χ4n) is 6.20. The van der Waals surface area contributed by atoms with Crippen molar-refractivity contribution in [3.05, 3.63) is 18.2 Å². The second-order valence-corrected chi connectivity index (χ2v) is 9.00. The van der Waals surface area contributed by atoms with Crippen LogP contribution in [-0.4, -0.2) is 32.1 Å². The Morgan fingerprint density at radius 3 is 2.14 bits per heavy atom. The molecule has 4 fully saturated rings. The van der Waals surface area contributed by atoms with Crippen molar-refractivity contribution in [3.8, 4) is 11.5 Å². The molecule has 0 saturated heterocycles. The van der Waals surface area contributed by atoms with Crippen LogP contribution >= 0.6 is 0 Å². The summed E-state index contributed by atoms with van der Waals surface area (Å²) in [6.45, 7) is 2.08. The monoisotopic (exact) mass is 386 g/mol. The Morgan fingerprint density at radius 1 is 1.00 bits per heavy atom. The highest BCUT2D eigenvalue weighted by molar-refractivity contribution is 6.39. The summed E-state index contributed by atoms with van der Waals surface area (Å²) in [7, 11) is 3.08. The molecule has 1 aromatic rings. The molecule has 2 amide bonds. The van der Waals surface area contributed by atoms with Gasteiger partial charge in [0.05, 0.1) is 19.9 Å². The van der Waals surface area contributed by atoms with Crippen molar-refractivity contribution in [3.63, 3.8) is 0 Å². The topological polar surface area (TPSA) is 76.7 Å². The molecular weight excluding hydrogens is 356 g/mol. The SMILES string of the molecule is COc1ccc(NC(=O)C(=O)NC(C)C23CC4CC(CC(C4)C2)C3)c(OC)c1. The number of ether oxygens (including phenoxy) is 2. The second-order valence-electron chi connectivity index (χ2n) is 9.00. The third-order valence-electron chi connectivity index (χ3n) is 7.21. The lowest BCUT2D eigenvalue weighted by Crippen LogP contribution is -2.57. The van der Waals surface area contributed by atoms with E-state index in [0.717, 1.165) is 17.8 Å². The zero-order chi connectivity index (χ0) is 19.9. The highest BCUT2D eigenvalue weighted by Gasteiger charge is 2.53. The minimum Gasteiger partial charge on any atom is -0.497 e. The molecule has 4 aliphatic rings. The van der Waals surface area contributed by atoms with Crippen LogP contribution in [0, 0.1) is 23.2 Å². The van der Waals surface area contributed by atoms with Crippen molar-refractivity contribution >= 4 is 17.5 Å². The van der Waals surface area contributed by atoms with Crippen LogP contribution in [0.1, 0.15) is 45.4 Å². The highest BCUT2D eigenvalue weighted by atomic mass is 16.5. The molecule has 4 bridgehead atoms. The lowest BCUT2D eigenvalue weighted by Gasteiger charge is -2.59. The molecule has 5 rings (SSSR count). The number of carbonyl (C=O) groups excluding carboxylic acids is 2. The van der Waals surface area contributed by atoms with E-state index in [2.05, 4.69) is 17.6 Å². The molecule has 1 aromatic carbocycles. The van der Waals surface area contributed by atoms with E-state index in [1.807, 2.05) is 0 Å². The van der Waals surface area contributed by atoms with Gasteiger partial charge in [-0.3, -0.25) is 9.59 Å². The minimum absolute atomic E-state index is 0.0110. The number of benzene rings is 1. The van der Waals surface area contributed by atoms with Crippen LogP contribution in [0.4, 0.5) is 5.69 Å². The van der Waals surface area contributed by atoms with E-state index in [1.165, 1.54) is 45.6 Å². The van der Waals surface area contributed by atoms with Crippen LogP contribution in [0.3, 0.4) is 0 Å². The van der Waals surface area contributed by atoms with Gasteiger partial charge in [0, 0.05) is 12.1 Å². The summed E-state index contributed by atoms with van der Waals surface area (Å²) < 4.78 is 10.4. The fourth-order valence-corrected chi connectivity index (χ4v) is 6.20. The van der Waals surface area contributed by atoms with Gasteiger partial charge in [0.15, 0.2) is 0 Å². The van der Waals surface area contributed by atoms with Crippen molar-refractivity contribution in [2.24, 2.45) is 23.2 Å². The molecule has 0 heterocycles. The van der Waals surface area contributed by atoms with Crippen LogP contribution in [-0.2, 0) is 9.59 Å². The molecule has 1 atom stereocenters. The number of anilines is 1. The average molecular weight is 386 g/mol. The standard InChI is InChI=1S/C22H30N2O4/c1-13(22-10-14-6-15(11-22)8-16(7-14)12-22)23-20(25)21(26)24-18-5-4-17(27-2)9-19(18)28-3/h4-5,9,13-16H,6-8,10-12H2,1-3H3,(H,23,25)(H,24,26). The van der Waals surface area contributed by atoms with E-state index in [-0.39, 0.29) is 11.5 Å². The molecule has 152 valence electrons. The maximum absolute atomic E-state index is 12.6. The Bertz CT molecular complexity index is 741. The molecule has 0 aliphatic heterocycles. The first-order valence-corrected chi connectivity index (χ1v) is 10.3. The van der Waals surface area contributed by atoms with Crippen LogP contribution < -0.4 is 20.1 Å². The summed E-state index contributed by atoms with van der Waals surface area (Å²) in [5.41, 5.74) is 0.619. The summed E-state index contributed by atoms with van der Waals surface area (Å²) in [5, 5.41) is 5.66. The molecule has 6 nitrogen and oxygen atoms in total. The summed E-state index contributed by atoms with van der Waals surface area (Å²) in [6, 6.07) is 5.07. The zero-order valence-electron chi connectivity index (χ0n) is 16.9. The van der Waals surface area contributed by atoms with Crippen molar-refractivity contribution in [2.75, 3.05) is 19.5 Å². The third kappa shape index (κ3) is 3.45. The van der Waals surface area contributed by atoms with Gasteiger partial charge in [0.1, 0.15) is 11.5 Å². The maximum atomic E-state index is 12.6. The van der Waals surface area contributed by atoms with Crippen LogP contribution in [0.5, 0.6) is 11.5 Å². The Kier molecular flexibility index (Phi) is 4.98. The van der Waals surface area contributed by atoms with Gasteiger partial charge in [0.25, 0.3) is 0 Å². The highest BCUT2D eigenvalue weighted by Crippen LogP contribution is 2.61. The molecule has 6 heteroatoms. The largest absolute Gasteiger partial charge is 0.497 e. The number of amides is 2. The normalized spacial score (nSPS) is 31.2. The molecule has 4 aliphatic carbocycles. The van der Waals surface area contributed by atoms with E-state index >= 15 is 0 Å². The van der Waals surface area contributed by atoms with Crippen LogP contribution in [0.25, 0.3) is 0 Å². The summed E-state index contributed by atoms with van der Waals surface area (Å²) >= 11 is 0. The van der Waals surface area contributed by atoms with Crippen molar-refractivity contribution < 1.29 is 19.1 Å². The van der Waals surface area contributed by atoms with E-state index in [4.69, 9.17) is 9.47 Å². The minimum atomic E-state index is -0.667. The molecule has 0 aromatic heterocycles. The predicted molar refractivity (Wildman–Crippen MR) is 106 cm³/mol. The fraction of sp³-hybridized carbons (Fsp3) is 0.636. The summed E-state index contributed by atoms with van der Waals surface area (Å²) in [5.74, 6) is 2.25. The third-order valence-corrected chi connectivity index (χ3v) is 7.21. The number of rotatable bonds is 5. The first-order chi connectivity index (χ1) is 13.4. The van der Waals surface area contributed by atoms with Gasteiger partial charge in [0.2, 0.25) is 0 Å². The smallest absolute Gasteiger partial charge is 0.313 e. The van der Waals surface area contributed by atoms with E-state index in [9.17, 15) is 9.59 Å². The lowest BCUT2D eigenvalue weighted by molar-refractivity contribution is -0.138. The zero-order valence-corrected chi connectivity index (χ0v) is 16.9. The first-order valence-electron chi connectivity index (χ1n) is 10.3. The van der Waals surface area contributed by atoms with E-state index in [1.54, 1.807) is 25.3 Å². The van der Waals surface area contributed by atoms with Gasteiger partial charge in [-0.15, -0.1) is 0 Å². The van der Waals surface area contributed by atoms with Gasteiger partial charge >= 0.3 is 11.8 Å². The number of hydrogen-bond donors (Lipinski definition) is 2. The molecule has 0 spiro atoms. The van der Waals surface area contributed by atoms with Gasteiger partial charge < -0.3 is 20.1 Å². The number of nitrogens with one attached hydrogen (secondary N) is 2. The Hall–Kier alpha value is -2.24. The number of methoxy groups -OCH3 is 2. The first kappa shape index (κ1) is 19.1. The van der Waals surface area contributed by atoms with Crippen molar-refractivity contribution in [2.45, 2.75) is 51.5 Å². The summed E-state index contributed by atoms with van der Waals surface area (Å²) in [6.07, 6.45) is 7.64. The van der Waals surface area contributed by atoms with E-state index < -0.39 is 11.8 Å². The molecule has 4 saturated carbocycles. The van der Waals surface area contributed by atoms with Crippen LogP contribution in [0.2, 0.25) is 0 Å². The second kappa shape index (κ2) is 7.30. The van der Waals surface area contributed by atoms with Gasteiger partial charge in [-0.05, 0) is 80.8 Å². The van der Waals surface area contributed by atoms with E-state index in [0.29, 0.717) is 17.2 Å². The predicted octanol–water partition coefficient (Wildman–Crippen LogP) is 3.36. The molecule has 28 heavy (non-hydrogen) atoms. The van der Waals surface area contributed by atoms with Crippen LogP contribution in [0.15, 0.2) is 18.2 Å². The van der Waals surface area contributed by atoms with Gasteiger partial charge in [-0.2, -0.15) is 0 Å². The average Bonchev–Trinajstić information content (AvgIpc) is 2.67. The Balaban J connectivity index is 1.40. The van der Waals surface area contributed by atoms with Crippen molar-refractivity contribution in [1.82, 2.24) is 5.32 Å². The lowest BCUT2D eigenvalue weighted by atomic mass is 9.48. The van der Waals surface area contributed by atoms with Gasteiger partial charge in [-0.1, -0.05) is 0 Å². The summed E-state index contributed by atoms with van der Waals surface area (Å²) in [4.78, 5) is 25.1. The quantitative estimate of drug-likeness (QED) is 0.761. The maximum Gasteiger partial charge on any atom is 0.313 e. The number of hydrogen-bond acceptors (Lipinski definition) is 4. The van der Waals surface area contributed by atoms with Crippen molar-refractivity contribution in [1.29, 1.82) is 0 Å².